The Morgan fingerprint density at radius 2 is 2.28 bits per heavy atom. The fourth-order valence-electron chi connectivity index (χ4n) is 2.73. The van der Waals surface area contributed by atoms with E-state index < -0.39 is 24.5 Å². The van der Waals surface area contributed by atoms with Crippen molar-refractivity contribution < 1.29 is 19.7 Å². The molecule has 1 saturated heterocycles. The van der Waals surface area contributed by atoms with Gasteiger partial charge in [0.05, 0.1) is 12.9 Å². The van der Waals surface area contributed by atoms with E-state index in [0.29, 0.717) is 17.6 Å². The van der Waals surface area contributed by atoms with Crippen molar-refractivity contribution in [1.29, 1.82) is 0 Å². The number of azide groups is 1. The Morgan fingerprint density at radius 1 is 1.44 bits per heavy atom. The summed E-state index contributed by atoms with van der Waals surface area (Å²) in [5.41, 5.74) is 14.9. The fourth-order valence-corrected chi connectivity index (χ4v) is 2.73. The molecular weight excluding hydrogens is 332 g/mol. The Bertz CT molecular complexity index is 776. The smallest absolute Gasteiger partial charge is 0.167 e. The van der Waals surface area contributed by atoms with Gasteiger partial charge in [-0.15, -0.1) is 0 Å². The molecule has 0 bridgehead atoms. The highest BCUT2D eigenvalue weighted by Gasteiger charge is 2.45. The van der Waals surface area contributed by atoms with E-state index in [1.54, 1.807) is 4.57 Å². The summed E-state index contributed by atoms with van der Waals surface area (Å²) < 4.78 is 13.0. The number of anilines is 1. The molecule has 134 valence electrons. The molecule has 12 nitrogen and oxygen atoms in total. The lowest BCUT2D eigenvalue weighted by molar-refractivity contribution is -0.0705. The quantitative estimate of drug-likeness (QED) is 0.264. The lowest BCUT2D eigenvalue weighted by atomic mass is 10.1. The SMILES string of the molecule is [N-]=[N+]=NCCCO[C@@H]1[C@H](O)[C@@H](CO)O[C@H]1n1cnc2c(N)ncnc21. The van der Waals surface area contributed by atoms with Crippen molar-refractivity contribution in [3.63, 3.8) is 0 Å². The van der Waals surface area contributed by atoms with Crippen LogP contribution in [0.5, 0.6) is 0 Å². The predicted octanol–water partition coefficient (Wildman–Crippen LogP) is -0.255. The highest BCUT2D eigenvalue weighted by atomic mass is 16.6. The van der Waals surface area contributed by atoms with E-state index in [4.69, 9.17) is 20.7 Å². The number of hydrogen-bond acceptors (Lipinski definition) is 9. The van der Waals surface area contributed by atoms with Crippen LogP contribution in [0.4, 0.5) is 5.82 Å². The first-order valence-electron chi connectivity index (χ1n) is 7.67. The first-order valence-corrected chi connectivity index (χ1v) is 7.67. The van der Waals surface area contributed by atoms with Crippen LogP contribution in [0.1, 0.15) is 12.6 Å². The van der Waals surface area contributed by atoms with Gasteiger partial charge in [-0.2, -0.15) is 0 Å². The van der Waals surface area contributed by atoms with Crippen LogP contribution in [-0.4, -0.2) is 67.8 Å². The molecule has 1 aliphatic rings. The number of imidazole rings is 1. The zero-order chi connectivity index (χ0) is 17.8. The van der Waals surface area contributed by atoms with Crippen LogP contribution in [0.25, 0.3) is 21.6 Å². The molecule has 1 aliphatic heterocycles. The Kier molecular flexibility index (Phi) is 5.26. The molecule has 0 saturated carbocycles. The third kappa shape index (κ3) is 3.34. The number of rotatable bonds is 7. The molecule has 2 aromatic rings. The first-order chi connectivity index (χ1) is 12.2. The average molecular weight is 350 g/mol. The largest absolute Gasteiger partial charge is 0.394 e. The molecule has 0 spiro atoms. The molecule has 0 unspecified atom stereocenters. The topological polar surface area (TPSA) is 177 Å². The summed E-state index contributed by atoms with van der Waals surface area (Å²) in [6.45, 7) is 0.175. The van der Waals surface area contributed by atoms with Gasteiger partial charge in [0.25, 0.3) is 0 Å². The zero-order valence-corrected chi connectivity index (χ0v) is 13.2. The molecular formula is C13H18N8O4. The van der Waals surface area contributed by atoms with Crippen molar-refractivity contribution in [1.82, 2.24) is 19.5 Å². The van der Waals surface area contributed by atoms with Gasteiger partial charge in [0.1, 0.15) is 30.2 Å². The van der Waals surface area contributed by atoms with Crippen molar-refractivity contribution in [2.75, 3.05) is 25.5 Å². The minimum Gasteiger partial charge on any atom is -0.394 e. The van der Waals surface area contributed by atoms with Gasteiger partial charge in [-0.1, -0.05) is 5.11 Å². The molecule has 0 aromatic carbocycles. The number of nitrogens with two attached hydrogens (primary N) is 1. The second-order valence-electron chi connectivity index (χ2n) is 5.46. The van der Waals surface area contributed by atoms with Crippen LogP contribution in [0.2, 0.25) is 0 Å². The third-order valence-electron chi connectivity index (χ3n) is 3.93. The van der Waals surface area contributed by atoms with Gasteiger partial charge in [0, 0.05) is 18.1 Å². The highest BCUT2D eigenvalue weighted by Crippen LogP contribution is 2.33. The maximum atomic E-state index is 10.4. The van der Waals surface area contributed by atoms with Crippen molar-refractivity contribution in [3.05, 3.63) is 23.1 Å². The molecule has 0 amide bonds. The minimum absolute atomic E-state index is 0.229. The molecule has 25 heavy (non-hydrogen) atoms. The molecule has 2 aromatic heterocycles. The number of aromatic nitrogens is 4. The highest BCUT2D eigenvalue weighted by molar-refractivity contribution is 5.81. The predicted molar refractivity (Wildman–Crippen MR) is 85.1 cm³/mol. The lowest BCUT2D eigenvalue weighted by Crippen LogP contribution is -2.35. The number of ether oxygens (including phenoxy) is 2. The van der Waals surface area contributed by atoms with Crippen LogP contribution in [0, 0.1) is 0 Å². The lowest BCUT2D eigenvalue weighted by Gasteiger charge is -2.22. The second kappa shape index (κ2) is 7.59. The minimum atomic E-state index is -1.04. The number of fused-ring (bicyclic) bond motifs is 1. The third-order valence-corrected chi connectivity index (χ3v) is 3.93. The van der Waals surface area contributed by atoms with E-state index in [1.165, 1.54) is 12.7 Å². The number of aliphatic hydroxyl groups excluding tert-OH is 2. The van der Waals surface area contributed by atoms with Crippen LogP contribution in [0.3, 0.4) is 0 Å². The standard InChI is InChI=1S/C13H18N8O4/c14-11-8-12(17-5-16-11)21(6-18-8)13-10(9(23)7(4-22)25-13)24-3-1-2-19-20-15/h5-7,9-10,13,22-23H,1-4H2,(H2,14,16,17)/t7-,9-,10-,13-/m1/s1. The van der Waals surface area contributed by atoms with Crippen molar-refractivity contribution >= 4 is 17.0 Å². The molecule has 0 radical (unpaired) electrons. The van der Waals surface area contributed by atoms with Gasteiger partial charge in [0.2, 0.25) is 0 Å². The van der Waals surface area contributed by atoms with Gasteiger partial charge >= 0.3 is 0 Å². The number of nitrogen functional groups attached to an aromatic ring is 1. The van der Waals surface area contributed by atoms with E-state index in [-0.39, 0.29) is 25.6 Å². The maximum Gasteiger partial charge on any atom is 0.167 e. The van der Waals surface area contributed by atoms with Crippen LogP contribution in [0.15, 0.2) is 17.8 Å². The normalized spacial score (nSPS) is 26.0. The summed E-state index contributed by atoms with van der Waals surface area (Å²) in [7, 11) is 0. The van der Waals surface area contributed by atoms with Crippen molar-refractivity contribution in [3.8, 4) is 0 Å². The van der Waals surface area contributed by atoms with Crippen LogP contribution >= 0.6 is 0 Å². The number of hydrogen-bond donors (Lipinski definition) is 3. The summed E-state index contributed by atoms with van der Waals surface area (Å²) in [6.07, 6.45) is -0.0645. The molecule has 1 fully saturated rings. The Balaban J connectivity index is 1.83. The molecule has 4 atom stereocenters. The molecule has 3 rings (SSSR count). The zero-order valence-electron chi connectivity index (χ0n) is 13.2. The van der Waals surface area contributed by atoms with Crippen LogP contribution < -0.4 is 5.73 Å². The van der Waals surface area contributed by atoms with Crippen molar-refractivity contribution in [2.24, 2.45) is 5.11 Å². The first kappa shape index (κ1) is 17.3. The van der Waals surface area contributed by atoms with Gasteiger partial charge in [0.15, 0.2) is 17.7 Å². The number of nitrogens with zero attached hydrogens (tertiary/aromatic N) is 7. The van der Waals surface area contributed by atoms with E-state index in [9.17, 15) is 10.2 Å². The Labute approximate surface area is 141 Å². The van der Waals surface area contributed by atoms with Crippen LogP contribution in [-0.2, 0) is 9.47 Å². The molecule has 12 heteroatoms. The summed E-state index contributed by atoms with van der Waals surface area (Å²) >= 11 is 0. The van der Waals surface area contributed by atoms with E-state index in [0.717, 1.165) is 0 Å². The van der Waals surface area contributed by atoms with Gasteiger partial charge in [-0.3, -0.25) is 4.57 Å². The molecule has 0 aliphatic carbocycles. The van der Waals surface area contributed by atoms with Gasteiger partial charge in [-0.25, -0.2) is 15.0 Å². The molecule has 3 heterocycles. The average Bonchev–Trinajstić information content (AvgIpc) is 3.17. The summed E-state index contributed by atoms with van der Waals surface area (Å²) in [6, 6.07) is 0. The fraction of sp³-hybridized carbons (Fsp3) is 0.615. The van der Waals surface area contributed by atoms with Gasteiger partial charge < -0.3 is 25.4 Å². The Morgan fingerprint density at radius 3 is 3.04 bits per heavy atom. The van der Waals surface area contributed by atoms with E-state index >= 15 is 0 Å². The summed E-state index contributed by atoms with van der Waals surface area (Å²) in [5, 5.41) is 23.2. The maximum absolute atomic E-state index is 10.4. The van der Waals surface area contributed by atoms with E-state index in [2.05, 4.69) is 25.0 Å². The Hall–Kier alpha value is -2.50. The van der Waals surface area contributed by atoms with E-state index in [1.807, 2.05) is 0 Å². The summed E-state index contributed by atoms with van der Waals surface area (Å²) in [4.78, 5) is 14.9. The summed E-state index contributed by atoms with van der Waals surface area (Å²) in [5.74, 6) is 0.229. The van der Waals surface area contributed by atoms with Gasteiger partial charge in [-0.05, 0) is 12.0 Å². The van der Waals surface area contributed by atoms with Crippen molar-refractivity contribution in [2.45, 2.75) is 31.0 Å². The molecule has 4 N–H and O–H groups in total. The number of aliphatic hydroxyl groups is 2. The monoisotopic (exact) mass is 350 g/mol. The second-order valence-corrected chi connectivity index (χ2v) is 5.46.